The van der Waals surface area contributed by atoms with Crippen molar-refractivity contribution >= 4 is 17.6 Å². The summed E-state index contributed by atoms with van der Waals surface area (Å²) in [6.45, 7) is 4.35. The lowest BCUT2D eigenvalue weighted by molar-refractivity contribution is -0.274. The van der Waals surface area contributed by atoms with E-state index in [9.17, 15) is 27.9 Å². The Morgan fingerprint density at radius 3 is 2.39 bits per heavy atom. The van der Waals surface area contributed by atoms with E-state index in [0.29, 0.717) is 56.7 Å². The molecule has 0 aromatic heterocycles. The van der Waals surface area contributed by atoms with Crippen LogP contribution in [0, 0.1) is 12.3 Å². The van der Waals surface area contributed by atoms with Crippen LogP contribution in [-0.2, 0) is 16.1 Å². The largest absolute Gasteiger partial charge is 0.573 e. The van der Waals surface area contributed by atoms with Gasteiger partial charge in [-0.3, -0.25) is 4.79 Å². The molecule has 2 saturated heterocycles. The van der Waals surface area contributed by atoms with Crippen LogP contribution in [0.4, 0.5) is 18.9 Å². The van der Waals surface area contributed by atoms with Gasteiger partial charge < -0.3 is 24.4 Å². The molecule has 3 aliphatic heterocycles. The fraction of sp³-hybridized carbons (Fsp3) is 0.462. The Kier molecular flexibility index (Phi) is 6.20. The molecule has 1 unspecified atom stereocenters. The van der Waals surface area contributed by atoms with E-state index in [4.69, 9.17) is 4.74 Å². The molecule has 2 fully saturated rings. The number of alkyl halides is 3. The normalized spacial score (nSPS) is 20.5. The maximum absolute atomic E-state index is 13.3. The summed E-state index contributed by atoms with van der Waals surface area (Å²) in [6.07, 6.45) is -3.51. The van der Waals surface area contributed by atoms with Crippen LogP contribution >= 0.6 is 0 Å². The first-order chi connectivity index (χ1) is 17.1. The fourth-order valence-corrected chi connectivity index (χ4v) is 5.59. The fourth-order valence-electron chi connectivity index (χ4n) is 5.59. The minimum atomic E-state index is -4.76. The number of piperidine rings is 1. The second-order valence-corrected chi connectivity index (χ2v) is 9.73. The molecule has 1 amide bonds. The quantitative estimate of drug-likeness (QED) is 0.618. The van der Waals surface area contributed by atoms with Gasteiger partial charge in [0.2, 0.25) is 5.91 Å². The van der Waals surface area contributed by atoms with Gasteiger partial charge in [-0.25, -0.2) is 4.79 Å². The molecule has 192 valence electrons. The molecule has 36 heavy (non-hydrogen) atoms. The van der Waals surface area contributed by atoms with E-state index in [1.165, 1.54) is 24.3 Å². The molecule has 0 bridgehead atoms. The molecule has 0 aliphatic carbocycles. The number of halogens is 3. The SMILES string of the molecule is Cc1c(C(O)CN2CCC3(CC2)CCN(c2ccc(OC(F)(F)F)cc2)C3=O)ccc2c1COC2=O. The lowest BCUT2D eigenvalue weighted by Crippen LogP contribution is -2.45. The predicted octanol–water partition coefficient (Wildman–Crippen LogP) is 4.12. The Morgan fingerprint density at radius 2 is 1.72 bits per heavy atom. The van der Waals surface area contributed by atoms with Crippen molar-refractivity contribution in [1.82, 2.24) is 4.90 Å². The molecule has 3 aliphatic rings. The first-order valence-corrected chi connectivity index (χ1v) is 11.9. The molecule has 10 heteroatoms. The van der Waals surface area contributed by atoms with Gasteiger partial charge in [0.05, 0.1) is 17.1 Å². The molecular formula is C26H27F3N2O5. The number of hydrogen-bond acceptors (Lipinski definition) is 6. The minimum Gasteiger partial charge on any atom is -0.457 e. The lowest BCUT2D eigenvalue weighted by atomic mass is 9.77. The third-order valence-corrected chi connectivity index (χ3v) is 7.71. The molecule has 5 rings (SSSR count). The van der Waals surface area contributed by atoms with Gasteiger partial charge in [0.1, 0.15) is 12.4 Å². The van der Waals surface area contributed by atoms with Gasteiger partial charge in [-0.15, -0.1) is 13.2 Å². The molecule has 3 heterocycles. The number of anilines is 1. The number of nitrogens with zero attached hydrogens (tertiary/aromatic N) is 2. The number of β-amino-alcohol motifs (C(OH)–C–C–N with tert-alkyl or cyclic N) is 1. The zero-order chi connectivity index (χ0) is 25.7. The second kappa shape index (κ2) is 9.08. The monoisotopic (exact) mass is 504 g/mol. The number of aliphatic hydroxyl groups is 1. The Bertz CT molecular complexity index is 1170. The van der Waals surface area contributed by atoms with Gasteiger partial charge in [-0.1, -0.05) is 6.07 Å². The number of ether oxygens (including phenoxy) is 2. The first kappa shape index (κ1) is 24.6. The highest BCUT2D eigenvalue weighted by molar-refractivity contribution is 6.00. The number of carbonyl (C=O) groups excluding carboxylic acids is 2. The minimum absolute atomic E-state index is 0.00804. The molecule has 2 aromatic rings. The van der Waals surface area contributed by atoms with E-state index in [1.807, 2.05) is 6.92 Å². The molecule has 0 saturated carbocycles. The van der Waals surface area contributed by atoms with Gasteiger partial charge in [-0.2, -0.15) is 0 Å². The Balaban J connectivity index is 1.19. The summed E-state index contributed by atoms with van der Waals surface area (Å²) < 4.78 is 46.3. The Morgan fingerprint density at radius 1 is 1.06 bits per heavy atom. The average Bonchev–Trinajstić information content (AvgIpc) is 3.36. The van der Waals surface area contributed by atoms with Crippen molar-refractivity contribution in [3.05, 3.63) is 58.7 Å². The van der Waals surface area contributed by atoms with Crippen molar-refractivity contribution in [2.75, 3.05) is 31.1 Å². The van der Waals surface area contributed by atoms with Crippen molar-refractivity contribution in [1.29, 1.82) is 0 Å². The number of rotatable bonds is 5. The first-order valence-electron chi connectivity index (χ1n) is 11.9. The topological polar surface area (TPSA) is 79.3 Å². The number of benzene rings is 2. The predicted molar refractivity (Wildman–Crippen MR) is 123 cm³/mol. The summed E-state index contributed by atoms with van der Waals surface area (Å²) in [5, 5.41) is 10.9. The second-order valence-electron chi connectivity index (χ2n) is 9.73. The Labute approximate surface area is 206 Å². The van der Waals surface area contributed by atoms with Crippen molar-refractivity contribution in [3.8, 4) is 5.75 Å². The van der Waals surface area contributed by atoms with Crippen LogP contribution < -0.4 is 9.64 Å². The van der Waals surface area contributed by atoms with Crippen molar-refractivity contribution < 1.29 is 37.3 Å². The molecule has 1 N–H and O–H groups in total. The highest BCUT2D eigenvalue weighted by Crippen LogP contribution is 2.43. The van der Waals surface area contributed by atoms with Gasteiger partial charge in [0, 0.05) is 24.3 Å². The van der Waals surface area contributed by atoms with E-state index >= 15 is 0 Å². The Hall–Kier alpha value is -3.11. The van der Waals surface area contributed by atoms with E-state index < -0.39 is 17.9 Å². The third kappa shape index (κ3) is 4.55. The smallest absolute Gasteiger partial charge is 0.457 e. The van der Waals surface area contributed by atoms with Crippen LogP contribution in [-0.4, -0.2) is 54.4 Å². The van der Waals surface area contributed by atoms with Crippen LogP contribution in [0.15, 0.2) is 36.4 Å². The maximum Gasteiger partial charge on any atom is 0.573 e. The standard InChI is InChI=1S/C26H27F3N2O5/c1-16-19(6-7-20-21(16)15-35-23(20)33)22(32)14-30-11-8-25(9-12-30)10-13-31(24(25)34)17-2-4-18(5-3-17)36-26(27,28)29/h2-7,22,32H,8-15H2,1H3. The molecule has 0 radical (unpaired) electrons. The number of carbonyl (C=O) groups is 2. The zero-order valence-corrected chi connectivity index (χ0v) is 19.8. The average molecular weight is 505 g/mol. The van der Waals surface area contributed by atoms with Crippen LogP contribution in [0.3, 0.4) is 0 Å². The number of hydrogen-bond donors (Lipinski definition) is 1. The molecule has 7 nitrogen and oxygen atoms in total. The van der Waals surface area contributed by atoms with Crippen LogP contribution in [0.2, 0.25) is 0 Å². The maximum atomic E-state index is 13.3. The molecule has 1 spiro atoms. The van der Waals surface area contributed by atoms with E-state index in [0.717, 1.165) is 16.7 Å². The molecule has 2 aromatic carbocycles. The van der Waals surface area contributed by atoms with Gasteiger partial charge in [-0.05, 0) is 80.7 Å². The number of esters is 1. The third-order valence-electron chi connectivity index (χ3n) is 7.71. The van der Waals surface area contributed by atoms with Crippen molar-refractivity contribution in [2.24, 2.45) is 5.41 Å². The summed E-state index contributed by atoms with van der Waals surface area (Å²) in [5.74, 6) is -0.667. The number of amides is 1. The van der Waals surface area contributed by atoms with Gasteiger partial charge >= 0.3 is 12.3 Å². The van der Waals surface area contributed by atoms with E-state index in [1.54, 1.807) is 17.0 Å². The van der Waals surface area contributed by atoms with Crippen LogP contribution in [0.1, 0.15) is 52.4 Å². The number of aliphatic hydroxyl groups excluding tert-OH is 1. The summed E-state index contributed by atoms with van der Waals surface area (Å²) >= 11 is 0. The summed E-state index contributed by atoms with van der Waals surface area (Å²) in [7, 11) is 0. The summed E-state index contributed by atoms with van der Waals surface area (Å²) in [6, 6.07) is 8.86. The summed E-state index contributed by atoms with van der Waals surface area (Å²) in [5.41, 5.74) is 3.07. The lowest BCUT2D eigenvalue weighted by Gasteiger charge is -2.38. The highest BCUT2D eigenvalue weighted by Gasteiger charge is 2.48. The summed E-state index contributed by atoms with van der Waals surface area (Å²) in [4.78, 5) is 28.9. The van der Waals surface area contributed by atoms with E-state index in [-0.39, 0.29) is 24.2 Å². The van der Waals surface area contributed by atoms with Gasteiger partial charge in [0.25, 0.3) is 0 Å². The van der Waals surface area contributed by atoms with Crippen molar-refractivity contribution in [2.45, 2.75) is 45.3 Å². The van der Waals surface area contributed by atoms with Crippen LogP contribution in [0.5, 0.6) is 5.75 Å². The van der Waals surface area contributed by atoms with Crippen LogP contribution in [0.25, 0.3) is 0 Å². The number of cyclic esters (lactones) is 1. The molecular weight excluding hydrogens is 477 g/mol. The molecule has 1 atom stereocenters. The number of likely N-dealkylation sites (tertiary alicyclic amines) is 1. The van der Waals surface area contributed by atoms with E-state index in [2.05, 4.69) is 9.64 Å². The highest BCUT2D eigenvalue weighted by atomic mass is 19.4. The number of fused-ring (bicyclic) bond motifs is 1. The van der Waals surface area contributed by atoms with Gasteiger partial charge in [0.15, 0.2) is 0 Å². The van der Waals surface area contributed by atoms with Crippen molar-refractivity contribution in [3.63, 3.8) is 0 Å². The zero-order valence-electron chi connectivity index (χ0n) is 19.8.